The fourth-order valence-electron chi connectivity index (χ4n) is 8.24. The Morgan fingerprint density at radius 3 is 1.61 bits per heavy atom. The Labute approximate surface area is 260 Å². The van der Waals surface area contributed by atoms with Gasteiger partial charge in [-0.25, -0.2) is 0 Å². The molecule has 0 amide bonds. The minimum atomic E-state index is 0.0910. The van der Waals surface area contributed by atoms with Gasteiger partial charge in [-0.05, 0) is 92.2 Å². The summed E-state index contributed by atoms with van der Waals surface area (Å²) in [6.45, 7) is 13.7. The number of aryl methyl sites for hydroxylation is 6. The zero-order valence-corrected chi connectivity index (χ0v) is 26.3. The van der Waals surface area contributed by atoms with Crippen molar-refractivity contribution < 1.29 is 4.74 Å². The van der Waals surface area contributed by atoms with E-state index in [0.717, 1.165) is 17.1 Å². The summed E-state index contributed by atoms with van der Waals surface area (Å²) in [5.74, 6) is 1.85. The molecule has 8 rings (SSSR count). The van der Waals surface area contributed by atoms with E-state index in [9.17, 15) is 0 Å². The molecule has 0 aliphatic carbocycles. The largest absolute Gasteiger partial charge is 0.456 e. The first-order valence-electron chi connectivity index (χ1n) is 15.6. The molecule has 0 saturated heterocycles. The van der Waals surface area contributed by atoms with E-state index in [1.54, 1.807) is 0 Å². The van der Waals surface area contributed by atoms with Crippen LogP contribution in [0.5, 0.6) is 11.5 Å². The van der Waals surface area contributed by atoms with Crippen molar-refractivity contribution in [2.45, 2.75) is 41.5 Å². The molecule has 0 atom stereocenters. The fourth-order valence-corrected chi connectivity index (χ4v) is 8.24. The van der Waals surface area contributed by atoms with Crippen LogP contribution >= 0.6 is 0 Å². The first-order valence-corrected chi connectivity index (χ1v) is 15.6. The molecule has 1 heterocycles. The average Bonchev–Trinajstić information content (AvgIpc) is 2.99. The van der Waals surface area contributed by atoms with Crippen LogP contribution in [-0.2, 0) is 0 Å². The van der Waals surface area contributed by atoms with Gasteiger partial charge in [0.1, 0.15) is 11.5 Å². The molecule has 0 spiro atoms. The molecule has 0 bridgehead atoms. The third-order valence-electron chi connectivity index (χ3n) is 9.75. The standard InChI is InChI=1S/C42H35BO/c1-24-18-26(3)41(27(4)19-24)43(42-28(5)20-25(2)21-29(42)6)37-23-35-33-15-11-17-39-40(33)36(32-14-9-10-16-38(32)44-39)22-34(35)30-12-7-8-13-31(30)37/h7-23H,1-6H3. The number of fused-ring (bicyclic) bond motifs is 6. The van der Waals surface area contributed by atoms with Crippen LogP contribution in [0.4, 0.5) is 0 Å². The van der Waals surface area contributed by atoms with Crippen molar-refractivity contribution in [3.63, 3.8) is 0 Å². The van der Waals surface area contributed by atoms with Gasteiger partial charge >= 0.3 is 0 Å². The van der Waals surface area contributed by atoms with E-state index in [1.165, 1.54) is 87.6 Å². The third-order valence-corrected chi connectivity index (χ3v) is 9.75. The number of hydrogen-bond acceptors (Lipinski definition) is 1. The summed E-state index contributed by atoms with van der Waals surface area (Å²) in [6, 6.07) is 38.3. The van der Waals surface area contributed by atoms with Crippen LogP contribution in [0.3, 0.4) is 0 Å². The highest BCUT2D eigenvalue weighted by Crippen LogP contribution is 2.49. The molecular weight excluding hydrogens is 531 g/mol. The van der Waals surface area contributed by atoms with Crippen LogP contribution in [0, 0.1) is 41.5 Å². The lowest BCUT2D eigenvalue weighted by Gasteiger charge is -2.27. The Morgan fingerprint density at radius 1 is 0.432 bits per heavy atom. The Kier molecular flexibility index (Phi) is 6.00. The Morgan fingerprint density at radius 2 is 0.955 bits per heavy atom. The summed E-state index contributed by atoms with van der Waals surface area (Å²) in [4.78, 5) is 0. The second kappa shape index (κ2) is 9.86. The number of para-hydroxylation sites is 1. The van der Waals surface area contributed by atoms with Gasteiger partial charge in [0.05, 0.1) is 0 Å². The van der Waals surface area contributed by atoms with Crippen molar-refractivity contribution >= 4 is 55.4 Å². The average molecular weight is 567 g/mol. The highest BCUT2D eigenvalue weighted by molar-refractivity contribution is 6.98. The molecule has 0 unspecified atom stereocenters. The minimum absolute atomic E-state index is 0.0910. The predicted molar refractivity (Wildman–Crippen MR) is 190 cm³/mol. The van der Waals surface area contributed by atoms with Crippen molar-refractivity contribution in [3.05, 3.63) is 137 Å². The van der Waals surface area contributed by atoms with Gasteiger partial charge in [-0.1, -0.05) is 135 Å². The third kappa shape index (κ3) is 3.94. The van der Waals surface area contributed by atoms with Crippen LogP contribution in [0.15, 0.2) is 103 Å². The molecule has 1 aliphatic rings. The SMILES string of the molecule is Cc1cc(C)c(B(c2c(C)cc(C)cc2C)c2cc3c4cccc5c4c(cc3c3ccccc23)-c2ccccc2O5)c(C)c1. The minimum Gasteiger partial charge on any atom is -0.456 e. The zero-order valence-electron chi connectivity index (χ0n) is 26.3. The lowest BCUT2D eigenvalue weighted by atomic mass is 9.33. The van der Waals surface area contributed by atoms with Gasteiger partial charge in [-0.15, -0.1) is 0 Å². The van der Waals surface area contributed by atoms with Crippen LogP contribution in [0.25, 0.3) is 43.4 Å². The summed E-state index contributed by atoms with van der Waals surface area (Å²) in [6.07, 6.45) is 0. The van der Waals surface area contributed by atoms with Crippen LogP contribution in [0.1, 0.15) is 33.4 Å². The molecule has 0 radical (unpaired) electrons. The van der Waals surface area contributed by atoms with Crippen LogP contribution in [0.2, 0.25) is 0 Å². The van der Waals surface area contributed by atoms with Crippen molar-refractivity contribution in [2.24, 2.45) is 0 Å². The first-order chi connectivity index (χ1) is 21.3. The van der Waals surface area contributed by atoms with E-state index in [-0.39, 0.29) is 6.71 Å². The Balaban J connectivity index is 1.55. The summed E-state index contributed by atoms with van der Waals surface area (Å²) in [5, 5.41) is 7.60. The molecule has 44 heavy (non-hydrogen) atoms. The second-order valence-electron chi connectivity index (χ2n) is 12.9. The van der Waals surface area contributed by atoms with E-state index < -0.39 is 0 Å². The fraction of sp³-hybridized carbons (Fsp3) is 0.143. The summed E-state index contributed by atoms with van der Waals surface area (Å²) >= 11 is 0. The van der Waals surface area contributed by atoms with Gasteiger partial charge in [0.15, 0.2) is 0 Å². The van der Waals surface area contributed by atoms with E-state index in [2.05, 4.69) is 145 Å². The maximum absolute atomic E-state index is 6.49. The highest BCUT2D eigenvalue weighted by atomic mass is 16.5. The van der Waals surface area contributed by atoms with E-state index in [1.807, 2.05) is 0 Å². The maximum atomic E-state index is 6.49. The molecule has 0 saturated carbocycles. The van der Waals surface area contributed by atoms with Gasteiger partial charge in [-0.3, -0.25) is 0 Å². The molecule has 2 heteroatoms. The van der Waals surface area contributed by atoms with E-state index in [4.69, 9.17) is 4.74 Å². The molecule has 1 nitrogen and oxygen atoms in total. The highest BCUT2D eigenvalue weighted by Gasteiger charge is 2.31. The molecule has 7 aromatic rings. The summed E-state index contributed by atoms with van der Waals surface area (Å²) < 4.78 is 6.49. The molecule has 212 valence electrons. The lowest BCUT2D eigenvalue weighted by molar-refractivity contribution is 0.487. The lowest BCUT2D eigenvalue weighted by Crippen LogP contribution is -2.56. The molecule has 0 aromatic heterocycles. The smallest absolute Gasteiger partial charge is 0.243 e. The number of ether oxygens (including phenoxy) is 1. The monoisotopic (exact) mass is 566 g/mol. The molecular formula is C42H35BO. The first kappa shape index (κ1) is 26.8. The van der Waals surface area contributed by atoms with Gasteiger partial charge < -0.3 is 4.74 Å². The molecule has 1 aliphatic heterocycles. The van der Waals surface area contributed by atoms with Gasteiger partial charge in [0, 0.05) is 10.9 Å². The topological polar surface area (TPSA) is 9.23 Å². The predicted octanol–water partition coefficient (Wildman–Crippen LogP) is 9.29. The van der Waals surface area contributed by atoms with Gasteiger partial charge in [0.25, 0.3) is 0 Å². The zero-order chi connectivity index (χ0) is 30.3. The van der Waals surface area contributed by atoms with Crippen molar-refractivity contribution in [3.8, 4) is 22.6 Å². The van der Waals surface area contributed by atoms with Crippen molar-refractivity contribution in [1.82, 2.24) is 0 Å². The molecule has 0 N–H and O–H groups in total. The number of benzene rings is 7. The van der Waals surface area contributed by atoms with Gasteiger partial charge in [0.2, 0.25) is 6.71 Å². The summed E-state index contributed by atoms with van der Waals surface area (Å²) in [7, 11) is 0. The van der Waals surface area contributed by atoms with Crippen LogP contribution in [-0.4, -0.2) is 6.71 Å². The normalized spacial score (nSPS) is 12.0. The Bertz CT molecular complexity index is 2220. The van der Waals surface area contributed by atoms with E-state index >= 15 is 0 Å². The molecule has 7 aromatic carbocycles. The van der Waals surface area contributed by atoms with Crippen molar-refractivity contribution in [1.29, 1.82) is 0 Å². The summed E-state index contributed by atoms with van der Waals surface area (Å²) in [5.41, 5.74) is 14.6. The van der Waals surface area contributed by atoms with Crippen molar-refractivity contribution in [2.75, 3.05) is 0 Å². The quantitative estimate of drug-likeness (QED) is 0.153. The number of hydrogen-bond donors (Lipinski definition) is 0. The van der Waals surface area contributed by atoms with E-state index in [0.29, 0.717) is 0 Å². The van der Waals surface area contributed by atoms with Crippen LogP contribution < -0.4 is 21.1 Å². The van der Waals surface area contributed by atoms with Gasteiger partial charge in [-0.2, -0.15) is 0 Å². The second-order valence-corrected chi connectivity index (χ2v) is 12.9. The Hall–Kier alpha value is -4.82. The molecule has 0 fully saturated rings. The number of rotatable bonds is 3. The maximum Gasteiger partial charge on any atom is 0.243 e.